The van der Waals surface area contributed by atoms with Crippen molar-refractivity contribution < 1.29 is 74.4 Å². The van der Waals surface area contributed by atoms with E-state index < -0.39 is 104 Å². The maximum atomic E-state index is 11.9. The second-order valence-electron chi connectivity index (χ2n) is 13.7. The van der Waals surface area contributed by atoms with E-state index in [2.05, 4.69) is 0 Å². The minimum absolute atomic E-state index is 0.0144. The lowest BCUT2D eigenvalue weighted by Gasteiger charge is -2.37. The van der Waals surface area contributed by atoms with Crippen LogP contribution in [0, 0.1) is 0 Å². The number of hydrogen-bond donors (Lipinski definition) is 11. The molecule has 18 heteroatoms. The summed E-state index contributed by atoms with van der Waals surface area (Å²) in [6, 6.07) is 0. The van der Waals surface area contributed by atoms with Crippen LogP contribution in [-0.4, -0.2) is 86.5 Å². The van der Waals surface area contributed by atoms with Gasteiger partial charge in [0.1, 0.15) is 17.0 Å². The van der Waals surface area contributed by atoms with Gasteiger partial charge < -0.3 is 69.6 Å². The van der Waals surface area contributed by atoms with Gasteiger partial charge >= 0.3 is 7.48 Å². The Bertz CT molecular complexity index is 2920. The smallest absolute Gasteiger partial charge is 0.317 e. The maximum absolute atomic E-state index is 11.9. The summed E-state index contributed by atoms with van der Waals surface area (Å²) in [6.45, 7) is 6.25. The molecule has 1 aliphatic heterocycles. The normalized spacial score (nSPS) is 13.5. The Morgan fingerprint density at radius 1 is 0.520 bits per heavy atom. The van der Waals surface area contributed by atoms with Crippen LogP contribution in [0.1, 0.15) is 27.7 Å². The first-order valence-electron chi connectivity index (χ1n) is 15.2. The molecule has 50 heavy (non-hydrogen) atoms. The summed E-state index contributed by atoms with van der Waals surface area (Å²) in [7, 11) is -0.771. The standard InChI is InChI=1S/C32H25B2NO15/c1-31(2,46)32(3,4)50-34-13-21(40)12-16-30(22(13)41)49-48-29-15-6-5-7-9(17(36)11(33-12)14(5)35(15)16)18(37)23(42)25(44)27(7)47-28-8(6)10(20(29)39)19(38)24(43)26(28)45/h33-34,36-46H,1-4H3. The van der Waals surface area contributed by atoms with Gasteiger partial charge in [0.05, 0.1) is 33.0 Å². The van der Waals surface area contributed by atoms with Crippen molar-refractivity contribution in [1.29, 1.82) is 0 Å². The van der Waals surface area contributed by atoms with E-state index in [-0.39, 0.29) is 67.3 Å². The first-order chi connectivity index (χ1) is 23.4. The summed E-state index contributed by atoms with van der Waals surface area (Å²) in [6.07, 6.45) is 0. The van der Waals surface area contributed by atoms with Gasteiger partial charge in [-0.1, -0.05) is 0 Å². The minimum Gasteiger partial charge on any atom is -0.509 e. The molecule has 3 aromatic heterocycles. The van der Waals surface area contributed by atoms with Crippen molar-refractivity contribution in [2.24, 2.45) is 0 Å². The molecular formula is C32H25B2NO15. The summed E-state index contributed by atoms with van der Waals surface area (Å²) >= 11 is 0. The number of hydrogen-bond acceptors (Lipinski definition) is 15. The van der Waals surface area contributed by atoms with E-state index in [0.717, 1.165) is 0 Å². The lowest BCUT2D eigenvalue weighted by molar-refractivity contribution is -0.0893. The van der Waals surface area contributed by atoms with Gasteiger partial charge in [-0.2, -0.15) is 0 Å². The lowest BCUT2D eigenvalue weighted by Crippen LogP contribution is -2.49. The molecule has 254 valence electrons. The van der Waals surface area contributed by atoms with Crippen molar-refractivity contribution in [3.63, 3.8) is 0 Å². The van der Waals surface area contributed by atoms with Gasteiger partial charge in [-0.3, -0.25) is 9.15 Å². The SMILES string of the molecule is CC(C)(O)C(C)(C)OBc1c(O)c2c3c(ooc4c(O)c5c(O)c(O)c(O)c6oc7c(O)c(O)c(O)c8c(O)c(c9c(c78)c(c65)c4n39)B2)c1O. The zero-order valence-electron chi connectivity index (χ0n) is 26.4. The third-order valence-corrected chi connectivity index (χ3v) is 10.5. The van der Waals surface area contributed by atoms with E-state index in [4.69, 9.17) is 18.2 Å². The van der Waals surface area contributed by atoms with Crippen molar-refractivity contribution in [1.82, 2.24) is 4.40 Å². The molecule has 5 aromatic carbocycles. The van der Waals surface area contributed by atoms with Crippen LogP contribution in [0.3, 0.4) is 0 Å². The Morgan fingerprint density at radius 2 is 1.02 bits per heavy atom. The molecule has 0 saturated heterocycles. The van der Waals surface area contributed by atoms with E-state index in [1.165, 1.54) is 18.2 Å². The van der Waals surface area contributed by atoms with Crippen molar-refractivity contribution >= 4 is 102 Å². The minimum atomic E-state index is -1.37. The average Bonchev–Trinajstić information content (AvgIpc) is 3.18. The summed E-state index contributed by atoms with van der Waals surface area (Å²) in [4.78, 5) is 0. The number of nitrogens with zero attached hydrogens (tertiary/aromatic N) is 1. The van der Waals surface area contributed by atoms with E-state index in [1.54, 1.807) is 13.8 Å². The number of phenolic OH excluding ortho intramolecular Hbond substituents is 10. The van der Waals surface area contributed by atoms with Crippen LogP contribution >= 0.6 is 0 Å². The van der Waals surface area contributed by atoms with Gasteiger partial charge in [0.15, 0.2) is 34.2 Å². The van der Waals surface area contributed by atoms with Crippen LogP contribution in [0.2, 0.25) is 0 Å². The number of aromatic hydroxyl groups is 10. The molecule has 8 aromatic rings. The van der Waals surface area contributed by atoms with Crippen molar-refractivity contribution in [3.05, 3.63) is 0 Å². The Morgan fingerprint density at radius 3 is 1.58 bits per heavy atom. The molecule has 0 bridgehead atoms. The highest BCUT2D eigenvalue weighted by molar-refractivity contribution is 6.76. The van der Waals surface area contributed by atoms with Crippen LogP contribution in [0.5, 0.6) is 57.5 Å². The molecule has 0 radical (unpaired) electrons. The molecule has 16 nitrogen and oxygen atoms in total. The van der Waals surface area contributed by atoms with Crippen LogP contribution < -0.4 is 16.4 Å². The Balaban J connectivity index is 1.61. The van der Waals surface area contributed by atoms with Gasteiger partial charge in [0, 0.05) is 27.0 Å². The second kappa shape index (κ2) is 8.71. The fourth-order valence-corrected chi connectivity index (χ4v) is 7.24. The first kappa shape index (κ1) is 30.0. The first-order valence-corrected chi connectivity index (χ1v) is 15.2. The zero-order chi connectivity index (χ0) is 35.8. The summed E-state index contributed by atoms with van der Waals surface area (Å²) in [5.41, 5.74) is -4.71. The predicted octanol–water partition coefficient (Wildman–Crippen LogP) is 1.94. The molecule has 11 N–H and O–H groups in total. The fraction of sp³-hybridized carbons (Fsp3) is 0.188. The second-order valence-corrected chi connectivity index (χ2v) is 13.7. The number of phenols is 10. The highest BCUT2D eigenvalue weighted by Gasteiger charge is 2.40. The largest absolute Gasteiger partial charge is 0.509 e. The molecule has 4 heterocycles. The molecule has 0 aliphatic carbocycles. The van der Waals surface area contributed by atoms with Crippen molar-refractivity contribution in [2.45, 2.75) is 38.9 Å². The molecule has 0 unspecified atom stereocenters. The topological polar surface area (TPSA) is 276 Å². The average molecular weight is 685 g/mol. The van der Waals surface area contributed by atoms with Gasteiger partial charge in [-0.25, -0.2) is 0 Å². The lowest BCUT2D eigenvalue weighted by atomic mass is 9.59. The highest BCUT2D eigenvalue weighted by Crippen LogP contribution is 2.59. The number of benzene rings is 5. The van der Waals surface area contributed by atoms with E-state index in [0.29, 0.717) is 0 Å². The van der Waals surface area contributed by atoms with Gasteiger partial charge in [-0.05, 0) is 38.6 Å². The van der Waals surface area contributed by atoms with Crippen LogP contribution in [0.4, 0.5) is 0 Å². The molecule has 0 fully saturated rings. The third-order valence-electron chi connectivity index (χ3n) is 10.5. The molecule has 9 rings (SSSR count). The molecule has 0 amide bonds. The van der Waals surface area contributed by atoms with Gasteiger partial charge in [0.2, 0.25) is 41.4 Å². The fourth-order valence-electron chi connectivity index (χ4n) is 7.24. The highest BCUT2D eigenvalue weighted by atomic mass is 17.0. The summed E-state index contributed by atoms with van der Waals surface area (Å²) in [5, 5.41) is 122. The molecular weight excluding hydrogens is 660 g/mol. The molecule has 1 aliphatic rings. The summed E-state index contributed by atoms with van der Waals surface area (Å²) in [5.74, 6) is -8.85. The molecule has 0 saturated carbocycles. The van der Waals surface area contributed by atoms with E-state index in [1.807, 2.05) is 0 Å². The number of aromatic nitrogens is 1. The summed E-state index contributed by atoms with van der Waals surface area (Å²) < 4.78 is 24.6. The quantitative estimate of drug-likeness (QED) is 0.0718. The van der Waals surface area contributed by atoms with Crippen molar-refractivity contribution in [2.75, 3.05) is 0 Å². The van der Waals surface area contributed by atoms with Crippen molar-refractivity contribution in [3.8, 4) is 57.5 Å². The van der Waals surface area contributed by atoms with E-state index in [9.17, 15) is 56.2 Å². The van der Waals surface area contributed by atoms with Gasteiger partial charge in [-0.15, -0.1) is 0 Å². The third kappa shape index (κ3) is 3.11. The van der Waals surface area contributed by atoms with Gasteiger partial charge in [0.25, 0.3) is 0 Å². The Labute approximate surface area is 277 Å². The van der Waals surface area contributed by atoms with Crippen LogP contribution in [0.15, 0.2) is 13.6 Å². The van der Waals surface area contributed by atoms with E-state index >= 15 is 0 Å². The predicted molar refractivity (Wildman–Crippen MR) is 181 cm³/mol. The Kier molecular flexibility index (Phi) is 5.22. The monoisotopic (exact) mass is 685 g/mol. The molecule has 0 spiro atoms. The molecule has 0 atom stereocenters. The Hall–Kier alpha value is -6.13. The maximum Gasteiger partial charge on any atom is 0.317 e. The zero-order valence-corrected chi connectivity index (χ0v) is 26.4. The van der Waals surface area contributed by atoms with Crippen LogP contribution in [0.25, 0.3) is 71.2 Å². The van der Waals surface area contributed by atoms with Crippen LogP contribution in [-0.2, 0) is 4.65 Å². The number of aliphatic hydroxyl groups is 1. The number of rotatable bonds is 4.